The van der Waals surface area contributed by atoms with E-state index in [1.165, 1.54) is 4.90 Å². The van der Waals surface area contributed by atoms with Gasteiger partial charge in [-0.3, -0.25) is 4.79 Å². The van der Waals surface area contributed by atoms with Crippen LogP contribution in [0.5, 0.6) is 0 Å². The fourth-order valence-electron chi connectivity index (χ4n) is 4.18. The molecule has 1 saturated heterocycles. The predicted octanol–water partition coefficient (Wildman–Crippen LogP) is 4.00. The van der Waals surface area contributed by atoms with Crippen LogP contribution >= 0.6 is 10.0 Å². The molecule has 37 heavy (non-hydrogen) atoms. The molecule has 2 aromatic rings. The van der Waals surface area contributed by atoms with Crippen molar-refractivity contribution in [2.75, 3.05) is 50.8 Å². The number of nitrogens with zero attached hydrogens (tertiary/aromatic N) is 3. The first-order valence-electron chi connectivity index (χ1n) is 12.7. The molecule has 3 rings (SSSR count). The fraction of sp³-hybridized carbons (Fsp3) is 0.667. The number of amides is 2. The third kappa shape index (κ3) is 7.85. The number of aromatic nitrogens is 2. The van der Waals surface area contributed by atoms with Gasteiger partial charge in [0.05, 0.1) is 36.5 Å². The highest BCUT2D eigenvalue weighted by molar-refractivity contribution is 8.32. The summed E-state index contributed by atoms with van der Waals surface area (Å²) in [5.74, 6) is 0.736. The average molecular weight is 537 g/mol. The SMILES string of the molecule is Cc1cccc2c(C(C)(C)NC(=O)[C@@H]3CN(C(=O)OC(C)(C)C)CCO3)nn(COCCS(C)(C)C)c12. The summed E-state index contributed by atoms with van der Waals surface area (Å²) in [4.78, 5) is 27.3. The highest BCUT2D eigenvalue weighted by atomic mass is 32.3. The number of benzene rings is 1. The van der Waals surface area contributed by atoms with Gasteiger partial charge >= 0.3 is 6.09 Å². The minimum Gasteiger partial charge on any atom is -0.444 e. The summed E-state index contributed by atoms with van der Waals surface area (Å²) in [6, 6.07) is 6.07. The second-order valence-corrected chi connectivity index (χ2v) is 16.6. The number of hydrogen-bond acceptors (Lipinski definition) is 6. The van der Waals surface area contributed by atoms with E-state index in [4.69, 9.17) is 19.3 Å². The highest BCUT2D eigenvalue weighted by Gasteiger charge is 2.36. The van der Waals surface area contributed by atoms with Gasteiger partial charge in [-0.1, -0.05) is 18.2 Å². The van der Waals surface area contributed by atoms with Crippen LogP contribution in [0.3, 0.4) is 0 Å². The lowest BCUT2D eigenvalue weighted by molar-refractivity contribution is -0.139. The van der Waals surface area contributed by atoms with Gasteiger partial charge in [-0.05, 0) is 65.9 Å². The maximum atomic E-state index is 13.3. The van der Waals surface area contributed by atoms with Crippen molar-refractivity contribution in [3.05, 3.63) is 29.5 Å². The Morgan fingerprint density at radius 2 is 1.89 bits per heavy atom. The van der Waals surface area contributed by atoms with Crippen molar-refractivity contribution in [2.24, 2.45) is 0 Å². The van der Waals surface area contributed by atoms with E-state index in [0.29, 0.717) is 19.9 Å². The Balaban J connectivity index is 1.76. The van der Waals surface area contributed by atoms with Crippen LogP contribution in [-0.4, -0.2) is 89.2 Å². The number of ether oxygens (including phenoxy) is 3. The Hall–Kier alpha value is -2.30. The van der Waals surface area contributed by atoms with Crippen LogP contribution in [0.2, 0.25) is 0 Å². The third-order valence-electron chi connectivity index (χ3n) is 6.06. The van der Waals surface area contributed by atoms with E-state index in [-0.39, 0.29) is 19.1 Å². The molecule has 2 heterocycles. The summed E-state index contributed by atoms with van der Waals surface area (Å²) in [6.07, 6.45) is 5.58. The number of carbonyl (C=O) groups excluding carboxylic acids is 2. The fourth-order valence-corrected chi connectivity index (χ4v) is 4.80. The number of hydrogen-bond donors (Lipinski definition) is 1. The number of carbonyl (C=O) groups is 2. The van der Waals surface area contributed by atoms with Crippen LogP contribution in [-0.2, 0) is 31.3 Å². The lowest BCUT2D eigenvalue weighted by Gasteiger charge is -2.35. The molecular formula is C27H44N4O5S. The quantitative estimate of drug-likeness (QED) is 0.513. The van der Waals surface area contributed by atoms with Crippen molar-refractivity contribution in [3.8, 4) is 0 Å². The van der Waals surface area contributed by atoms with E-state index in [1.54, 1.807) is 0 Å². The first-order chi connectivity index (χ1) is 17.1. The zero-order valence-electron chi connectivity index (χ0n) is 23.8. The van der Waals surface area contributed by atoms with Crippen molar-refractivity contribution < 1.29 is 23.8 Å². The van der Waals surface area contributed by atoms with Gasteiger partial charge in [-0.15, -0.1) is 0 Å². The zero-order chi connectivity index (χ0) is 27.6. The van der Waals surface area contributed by atoms with Crippen molar-refractivity contribution in [1.29, 1.82) is 0 Å². The van der Waals surface area contributed by atoms with Crippen molar-refractivity contribution in [1.82, 2.24) is 20.0 Å². The van der Waals surface area contributed by atoms with Gasteiger partial charge in [0.25, 0.3) is 5.91 Å². The molecule has 208 valence electrons. The van der Waals surface area contributed by atoms with Crippen LogP contribution in [0.25, 0.3) is 10.9 Å². The minimum atomic E-state index is -0.793. The number of fused-ring (bicyclic) bond motifs is 1. The summed E-state index contributed by atoms with van der Waals surface area (Å²) in [6.45, 7) is 13.2. The Morgan fingerprint density at radius 3 is 2.54 bits per heavy atom. The van der Waals surface area contributed by atoms with Gasteiger partial charge in [0.15, 0.2) is 6.10 Å². The molecule has 1 aromatic carbocycles. The van der Waals surface area contributed by atoms with E-state index < -0.39 is 33.4 Å². The lowest BCUT2D eigenvalue weighted by atomic mass is 9.96. The predicted molar refractivity (Wildman–Crippen MR) is 149 cm³/mol. The van der Waals surface area contributed by atoms with Crippen LogP contribution < -0.4 is 5.32 Å². The molecule has 1 aliphatic heterocycles. The summed E-state index contributed by atoms with van der Waals surface area (Å²) >= 11 is 0. The smallest absolute Gasteiger partial charge is 0.410 e. The maximum absolute atomic E-state index is 13.3. The molecule has 0 saturated carbocycles. The number of nitrogens with one attached hydrogen (secondary N) is 1. The van der Waals surface area contributed by atoms with Gasteiger partial charge < -0.3 is 24.4 Å². The molecule has 2 amide bonds. The molecule has 0 aliphatic carbocycles. The topological polar surface area (TPSA) is 94.9 Å². The number of para-hydroxylation sites is 1. The highest BCUT2D eigenvalue weighted by Crippen LogP contribution is 2.34. The third-order valence-corrected chi connectivity index (χ3v) is 7.46. The van der Waals surface area contributed by atoms with Crippen LogP contribution in [0.4, 0.5) is 4.79 Å². The monoisotopic (exact) mass is 536 g/mol. The Kier molecular flexibility index (Phi) is 8.86. The normalized spacial score (nSPS) is 17.6. The summed E-state index contributed by atoms with van der Waals surface area (Å²) in [5.41, 5.74) is 1.44. The zero-order valence-corrected chi connectivity index (χ0v) is 24.7. The van der Waals surface area contributed by atoms with E-state index in [9.17, 15) is 9.59 Å². The van der Waals surface area contributed by atoms with Crippen LogP contribution in [0.1, 0.15) is 45.9 Å². The number of aryl methyl sites for hydroxylation is 1. The molecule has 0 spiro atoms. The van der Waals surface area contributed by atoms with E-state index in [0.717, 1.165) is 27.9 Å². The standard InChI is InChI=1S/C27H44N4O5S/c1-19-11-10-12-20-22(19)31(18-34-15-16-37(7,8)9)29-23(20)27(5,6)28-24(32)21-17-30(13-14-35-21)25(33)36-26(2,3)4/h10-12,21H,13-18H2,1-9H3,(H,28,32)/t21-/m0/s1. The Morgan fingerprint density at radius 1 is 1.19 bits per heavy atom. The van der Waals surface area contributed by atoms with E-state index in [1.807, 2.05) is 51.4 Å². The van der Waals surface area contributed by atoms with Crippen molar-refractivity contribution >= 4 is 32.9 Å². The second-order valence-electron chi connectivity index (χ2n) is 12.1. The van der Waals surface area contributed by atoms with Gasteiger partial charge in [0, 0.05) is 17.7 Å². The molecule has 1 fully saturated rings. The molecule has 9 nitrogen and oxygen atoms in total. The summed E-state index contributed by atoms with van der Waals surface area (Å²) in [7, 11) is -0.636. The molecular weight excluding hydrogens is 492 g/mol. The van der Waals surface area contributed by atoms with Gasteiger partial charge in [-0.25, -0.2) is 19.5 Å². The first-order valence-corrected chi connectivity index (χ1v) is 15.7. The van der Waals surface area contributed by atoms with Gasteiger partial charge in [0.1, 0.15) is 12.3 Å². The second kappa shape index (κ2) is 11.2. The van der Waals surface area contributed by atoms with Crippen LogP contribution in [0, 0.1) is 6.92 Å². The molecule has 0 bridgehead atoms. The van der Waals surface area contributed by atoms with E-state index >= 15 is 0 Å². The van der Waals surface area contributed by atoms with Gasteiger partial charge in [-0.2, -0.15) is 5.10 Å². The number of morpholine rings is 1. The molecule has 1 N–H and O–H groups in total. The Bertz CT molecular complexity index is 1120. The average Bonchev–Trinajstić information content (AvgIpc) is 3.16. The number of rotatable bonds is 8. The molecule has 1 aliphatic rings. The maximum Gasteiger partial charge on any atom is 0.410 e. The molecule has 1 aromatic heterocycles. The van der Waals surface area contributed by atoms with Crippen molar-refractivity contribution in [2.45, 2.75) is 65.5 Å². The van der Waals surface area contributed by atoms with E-state index in [2.05, 4.69) is 37.1 Å². The largest absolute Gasteiger partial charge is 0.444 e. The lowest BCUT2D eigenvalue weighted by Crippen LogP contribution is -2.55. The molecule has 10 heteroatoms. The van der Waals surface area contributed by atoms with Gasteiger partial charge in [0.2, 0.25) is 0 Å². The minimum absolute atomic E-state index is 0.134. The summed E-state index contributed by atoms with van der Waals surface area (Å²) in [5, 5.41) is 8.97. The molecule has 0 radical (unpaired) electrons. The molecule has 1 atom stereocenters. The molecule has 0 unspecified atom stereocenters. The van der Waals surface area contributed by atoms with Crippen LogP contribution in [0.15, 0.2) is 18.2 Å². The summed E-state index contributed by atoms with van der Waals surface area (Å²) < 4.78 is 19.1. The van der Waals surface area contributed by atoms with Crippen molar-refractivity contribution in [3.63, 3.8) is 0 Å². The Labute approximate surface area is 222 Å². The first kappa shape index (κ1) is 29.3.